The number of nitrogens with zero attached hydrogens (tertiary/aromatic N) is 1. The minimum Gasteiger partial charge on any atom is -0.197 e. The molecule has 1 aliphatic carbocycles. The summed E-state index contributed by atoms with van der Waals surface area (Å²) in [7, 11) is 0. The Labute approximate surface area is 75.9 Å². The summed E-state index contributed by atoms with van der Waals surface area (Å²) in [4.78, 5) is 0. The average molecular weight is 176 g/mol. The maximum Gasteiger partial charge on any atom is 0.120 e. The molecule has 0 aliphatic heterocycles. The van der Waals surface area contributed by atoms with E-state index in [1.54, 1.807) is 6.07 Å². The van der Waals surface area contributed by atoms with Gasteiger partial charge < -0.3 is 0 Å². The normalized spacial score (nSPS) is 17.0. The molecule has 0 aromatic heterocycles. The van der Waals surface area contributed by atoms with Crippen molar-refractivity contribution in [2.24, 2.45) is 0 Å². The third-order valence-electron chi connectivity index (χ3n) is 2.00. The molecule has 58 valence electrons. The summed E-state index contributed by atoms with van der Waals surface area (Å²) in [6, 6.07) is 9.65. The second-order valence-electron chi connectivity index (χ2n) is 2.79. The molecule has 0 unspecified atom stereocenters. The summed E-state index contributed by atoms with van der Waals surface area (Å²) >= 11 is 5.94. The molecule has 0 radical (unpaired) electrons. The molecule has 0 amide bonds. The van der Waals surface area contributed by atoms with Gasteiger partial charge in [-0.3, -0.25) is 0 Å². The van der Waals surface area contributed by atoms with Crippen LogP contribution in [0.25, 0.3) is 0 Å². The first-order valence-corrected chi connectivity index (χ1v) is 4.03. The average Bonchev–Trinajstić information content (AvgIpc) is 2.86. The van der Waals surface area contributed by atoms with Crippen LogP contribution in [0.4, 0.5) is 0 Å². The number of hydrogen-bond acceptors (Lipinski definition) is 1. The molecule has 2 heteroatoms. The van der Waals surface area contributed by atoms with Crippen molar-refractivity contribution in [3.05, 3.63) is 47.0 Å². The van der Waals surface area contributed by atoms with Gasteiger partial charge in [0, 0.05) is 5.02 Å². The lowest BCUT2D eigenvalue weighted by Crippen LogP contribution is -2.04. The zero-order chi connectivity index (χ0) is 8.60. The number of benzene rings is 1. The highest BCUT2D eigenvalue weighted by atomic mass is 35.5. The van der Waals surface area contributed by atoms with Crippen molar-refractivity contribution >= 4 is 11.6 Å². The van der Waals surface area contributed by atoms with Gasteiger partial charge in [-0.05, 0) is 11.6 Å². The van der Waals surface area contributed by atoms with Crippen molar-refractivity contribution in [2.45, 2.75) is 5.41 Å². The highest BCUT2D eigenvalue weighted by Crippen LogP contribution is 2.40. The molecule has 0 heterocycles. The van der Waals surface area contributed by atoms with Crippen molar-refractivity contribution in [2.75, 3.05) is 0 Å². The van der Waals surface area contributed by atoms with Crippen molar-refractivity contribution in [3.8, 4) is 6.07 Å². The molecule has 1 nitrogen and oxygen atoms in total. The van der Waals surface area contributed by atoms with Gasteiger partial charge in [0.1, 0.15) is 5.41 Å². The molecule has 0 atom stereocenters. The summed E-state index contributed by atoms with van der Waals surface area (Å²) in [6.45, 7) is 0. The van der Waals surface area contributed by atoms with Crippen LogP contribution in [0.15, 0.2) is 36.4 Å². The fraction of sp³-hybridized carbons (Fsp3) is 0.100. The lowest BCUT2D eigenvalue weighted by Gasteiger charge is -2.07. The number of halogens is 1. The fourth-order valence-corrected chi connectivity index (χ4v) is 1.49. The van der Waals surface area contributed by atoms with Crippen LogP contribution in [-0.4, -0.2) is 0 Å². The first-order valence-electron chi connectivity index (χ1n) is 3.65. The molecule has 1 aromatic carbocycles. The van der Waals surface area contributed by atoms with E-state index in [2.05, 4.69) is 6.07 Å². The maximum absolute atomic E-state index is 8.86. The van der Waals surface area contributed by atoms with Gasteiger partial charge >= 0.3 is 0 Å². The van der Waals surface area contributed by atoms with Gasteiger partial charge in [0.2, 0.25) is 0 Å². The van der Waals surface area contributed by atoms with Crippen LogP contribution >= 0.6 is 11.6 Å². The Balaban J connectivity index is 2.49. The second-order valence-corrected chi connectivity index (χ2v) is 3.20. The van der Waals surface area contributed by atoms with Gasteiger partial charge in [0.25, 0.3) is 0 Å². The van der Waals surface area contributed by atoms with Crippen LogP contribution in [0, 0.1) is 11.3 Å². The standard InChI is InChI=1S/C10H6ClN/c11-9-4-2-1-3-8(9)10(7-12)5-6-10/h1-6H. The Morgan fingerprint density at radius 3 is 2.42 bits per heavy atom. The third kappa shape index (κ3) is 0.929. The first kappa shape index (κ1) is 7.39. The molecule has 0 saturated carbocycles. The van der Waals surface area contributed by atoms with Crippen molar-refractivity contribution in [3.63, 3.8) is 0 Å². The highest BCUT2D eigenvalue weighted by molar-refractivity contribution is 6.31. The van der Waals surface area contributed by atoms with E-state index in [0.29, 0.717) is 5.02 Å². The Morgan fingerprint density at radius 1 is 1.25 bits per heavy atom. The Morgan fingerprint density at radius 2 is 1.92 bits per heavy atom. The maximum atomic E-state index is 8.86. The fourth-order valence-electron chi connectivity index (χ4n) is 1.19. The number of hydrogen-bond donors (Lipinski definition) is 0. The van der Waals surface area contributed by atoms with Gasteiger partial charge in [-0.1, -0.05) is 42.0 Å². The summed E-state index contributed by atoms with van der Waals surface area (Å²) in [5, 5.41) is 9.52. The van der Waals surface area contributed by atoms with Gasteiger partial charge in [-0.25, -0.2) is 0 Å². The minimum absolute atomic E-state index is 0.502. The molecular weight excluding hydrogens is 170 g/mol. The van der Waals surface area contributed by atoms with E-state index >= 15 is 0 Å². The second kappa shape index (κ2) is 2.36. The van der Waals surface area contributed by atoms with Crippen LogP contribution in [0.2, 0.25) is 5.02 Å². The molecule has 0 bridgehead atoms. The van der Waals surface area contributed by atoms with E-state index in [1.807, 2.05) is 30.4 Å². The molecule has 0 N–H and O–H groups in total. The van der Waals surface area contributed by atoms with E-state index in [-0.39, 0.29) is 0 Å². The summed E-state index contributed by atoms with van der Waals surface area (Å²) in [5.41, 5.74) is 0.382. The summed E-state index contributed by atoms with van der Waals surface area (Å²) < 4.78 is 0. The lowest BCUT2D eigenvalue weighted by atomic mass is 9.95. The molecule has 2 rings (SSSR count). The first-order chi connectivity index (χ1) is 5.78. The largest absolute Gasteiger partial charge is 0.197 e. The highest BCUT2D eigenvalue weighted by Gasteiger charge is 2.37. The van der Waals surface area contributed by atoms with Crippen LogP contribution in [-0.2, 0) is 5.41 Å². The SMILES string of the molecule is N#CC1(c2ccccc2Cl)C=C1. The van der Waals surface area contributed by atoms with Crippen molar-refractivity contribution < 1.29 is 0 Å². The van der Waals surface area contributed by atoms with Gasteiger partial charge in [0.15, 0.2) is 0 Å². The number of nitriles is 1. The van der Waals surface area contributed by atoms with Crippen LogP contribution in [0.1, 0.15) is 5.56 Å². The predicted octanol–water partition coefficient (Wildman–Crippen LogP) is 2.67. The van der Waals surface area contributed by atoms with Gasteiger partial charge in [-0.2, -0.15) is 5.26 Å². The van der Waals surface area contributed by atoms with Crippen LogP contribution in [0.5, 0.6) is 0 Å². The summed E-state index contributed by atoms with van der Waals surface area (Å²) in [6.07, 6.45) is 3.71. The Kier molecular flexibility index (Phi) is 1.46. The van der Waals surface area contributed by atoms with E-state index in [1.165, 1.54) is 0 Å². The van der Waals surface area contributed by atoms with E-state index < -0.39 is 5.41 Å². The predicted molar refractivity (Wildman–Crippen MR) is 47.9 cm³/mol. The molecule has 0 spiro atoms. The molecule has 0 fully saturated rings. The summed E-state index contributed by atoms with van der Waals surface area (Å²) in [5.74, 6) is 0. The van der Waals surface area contributed by atoms with E-state index in [4.69, 9.17) is 16.9 Å². The topological polar surface area (TPSA) is 23.8 Å². The minimum atomic E-state index is -0.502. The Bertz CT molecular complexity index is 381. The monoisotopic (exact) mass is 175 g/mol. The molecule has 0 saturated heterocycles. The molecule has 1 aliphatic rings. The van der Waals surface area contributed by atoms with Gasteiger partial charge in [0.05, 0.1) is 6.07 Å². The smallest absolute Gasteiger partial charge is 0.120 e. The van der Waals surface area contributed by atoms with E-state index in [9.17, 15) is 0 Å². The van der Waals surface area contributed by atoms with Gasteiger partial charge in [-0.15, -0.1) is 0 Å². The Hall–Kier alpha value is -1.26. The number of allylic oxidation sites excluding steroid dienone is 2. The lowest BCUT2D eigenvalue weighted by molar-refractivity contribution is 1.00. The molecule has 12 heavy (non-hydrogen) atoms. The van der Waals surface area contributed by atoms with Crippen molar-refractivity contribution in [1.29, 1.82) is 5.26 Å². The zero-order valence-electron chi connectivity index (χ0n) is 6.29. The van der Waals surface area contributed by atoms with Crippen LogP contribution < -0.4 is 0 Å². The zero-order valence-corrected chi connectivity index (χ0v) is 7.05. The molecule has 1 aromatic rings. The number of rotatable bonds is 1. The molecular formula is C10H6ClN. The van der Waals surface area contributed by atoms with E-state index in [0.717, 1.165) is 5.56 Å². The third-order valence-corrected chi connectivity index (χ3v) is 2.33. The van der Waals surface area contributed by atoms with Crippen molar-refractivity contribution in [1.82, 2.24) is 0 Å². The quantitative estimate of drug-likeness (QED) is 0.602. The van der Waals surface area contributed by atoms with Crippen LogP contribution in [0.3, 0.4) is 0 Å².